The average Bonchev–Trinajstić information content (AvgIpc) is 3.83. The van der Waals surface area contributed by atoms with Crippen LogP contribution in [0.2, 0.25) is 0 Å². The SMILES string of the molecule is CCCCC/C=C\CC1/C(=C\C2OC2CCCC(=O)O[C@H](COC(=O)CCCCCCCCCCCCCCC)COP(=O)(O)OCC[N+](C)(C)C)C(=O)CC1O. The molecule has 0 amide bonds. The highest BCUT2D eigenvalue weighted by molar-refractivity contribution is 7.47. The topological polar surface area (TPSA) is 158 Å². The lowest BCUT2D eigenvalue weighted by Gasteiger charge is -2.24. The number of carbonyl (C=O) groups is 3. The van der Waals surface area contributed by atoms with Gasteiger partial charge in [0, 0.05) is 25.2 Å². The Labute approximate surface area is 344 Å². The van der Waals surface area contributed by atoms with Crippen molar-refractivity contribution in [3.63, 3.8) is 0 Å². The number of carbonyl (C=O) groups excluding carboxylic acids is 3. The number of esters is 2. The molecule has 12 nitrogen and oxygen atoms in total. The maximum Gasteiger partial charge on any atom is 0.472 e. The predicted octanol–water partition coefficient (Wildman–Crippen LogP) is 9.10. The Balaban J connectivity index is 1.76. The van der Waals surface area contributed by atoms with Crippen LogP contribution in [0.25, 0.3) is 0 Å². The van der Waals surface area contributed by atoms with Crippen LogP contribution in [0.1, 0.15) is 162 Å². The first-order chi connectivity index (χ1) is 27.2. The van der Waals surface area contributed by atoms with E-state index >= 15 is 0 Å². The van der Waals surface area contributed by atoms with Crippen LogP contribution in [-0.2, 0) is 42.2 Å². The second-order valence-electron chi connectivity index (χ2n) is 17.1. The lowest BCUT2D eigenvalue weighted by molar-refractivity contribution is -0.870. The lowest BCUT2D eigenvalue weighted by Crippen LogP contribution is -2.37. The summed E-state index contributed by atoms with van der Waals surface area (Å²) in [6, 6.07) is 0. The number of aliphatic hydroxyl groups is 1. The molecule has 0 bridgehead atoms. The third kappa shape index (κ3) is 25.3. The summed E-state index contributed by atoms with van der Waals surface area (Å²) in [6.45, 7) is 4.08. The molecule has 0 aromatic heterocycles. The molecule has 1 saturated carbocycles. The van der Waals surface area contributed by atoms with Crippen LogP contribution in [0.3, 0.4) is 0 Å². The summed E-state index contributed by atoms with van der Waals surface area (Å²) in [6.07, 6.45) is 26.0. The Morgan fingerprint density at radius 3 is 2.05 bits per heavy atom. The Kier molecular flexibility index (Phi) is 26.4. The largest absolute Gasteiger partial charge is 0.472 e. The number of ketones is 1. The molecule has 5 unspecified atom stereocenters. The van der Waals surface area contributed by atoms with Gasteiger partial charge in [0.25, 0.3) is 0 Å². The van der Waals surface area contributed by atoms with Crippen molar-refractivity contribution in [2.75, 3.05) is 47.5 Å². The first-order valence-corrected chi connectivity index (χ1v) is 23.7. The van der Waals surface area contributed by atoms with Crippen molar-refractivity contribution in [3.8, 4) is 0 Å². The zero-order valence-electron chi connectivity index (χ0n) is 36.2. The molecule has 2 rings (SSSR count). The van der Waals surface area contributed by atoms with Gasteiger partial charge in [-0.2, -0.15) is 0 Å². The molecule has 2 N–H and O–H groups in total. The van der Waals surface area contributed by atoms with E-state index in [9.17, 15) is 28.9 Å². The van der Waals surface area contributed by atoms with E-state index in [1.54, 1.807) is 0 Å². The van der Waals surface area contributed by atoms with Gasteiger partial charge in [-0.1, -0.05) is 116 Å². The van der Waals surface area contributed by atoms with E-state index in [4.69, 9.17) is 23.3 Å². The molecule has 13 heteroatoms. The summed E-state index contributed by atoms with van der Waals surface area (Å²) >= 11 is 0. The maximum atomic E-state index is 12.9. The minimum atomic E-state index is -4.45. The number of ether oxygens (including phenoxy) is 3. The van der Waals surface area contributed by atoms with Gasteiger partial charge in [-0.15, -0.1) is 0 Å². The van der Waals surface area contributed by atoms with Crippen molar-refractivity contribution in [1.82, 2.24) is 0 Å². The van der Waals surface area contributed by atoms with E-state index in [1.165, 1.54) is 64.2 Å². The van der Waals surface area contributed by atoms with Gasteiger partial charge in [0.05, 0.1) is 40.0 Å². The van der Waals surface area contributed by atoms with E-state index in [0.29, 0.717) is 42.3 Å². The van der Waals surface area contributed by atoms with Crippen LogP contribution in [-0.4, -0.2) is 104 Å². The zero-order valence-corrected chi connectivity index (χ0v) is 37.1. The number of allylic oxidation sites excluding steroid dienone is 2. The second kappa shape index (κ2) is 29.3. The van der Waals surface area contributed by atoms with Gasteiger partial charge in [-0.05, 0) is 50.2 Å². The Morgan fingerprint density at radius 1 is 0.825 bits per heavy atom. The molecule has 1 heterocycles. The number of hydrogen-bond donors (Lipinski definition) is 2. The molecule has 57 heavy (non-hydrogen) atoms. The Morgan fingerprint density at radius 2 is 1.42 bits per heavy atom. The number of phosphoric ester groups is 1. The van der Waals surface area contributed by atoms with Crippen LogP contribution < -0.4 is 0 Å². The summed E-state index contributed by atoms with van der Waals surface area (Å²) in [5.41, 5.74) is 0.627. The summed E-state index contributed by atoms with van der Waals surface area (Å²) in [5.74, 6) is -1.27. The summed E-state index contributed by atoms with van der Waals surface area (Å²) in [5, 5.41) is 10.5. The number of phosphoric acid groups is 1. The molecular formula is C44H79NO11P+. The number of rotatable bonds is 35. The minimum Gasteiger partial charge on any atom is -0.462 e. The smallest absolute Gasteiger partial charge is 0.462 e. The molecule has 1 saturated heterocycles. The average molecular weight is 829 g/mol. The number of nitrogens with zero attached hydrogens (tertiary/aromatic N) is 1. The monoisotopic (exact) mass is 829 g/mol. The van der Waals surface area contributed by atoms with Crippen molar-refractivity contribution >= 4 is 25.5 Å². The van der Waals surface area contributed by atoms with Crippen molar-refractivity contribution in [1.29, 1.82) is 0 Å². The fourth-order valence-corrected chi connectivity index (χ4v) is 7.69. The fraction of sp³-hybridized carbons (Fsp3) is 0.841. The third-order valence-corrected chi connectivity index (χ3v) is 11.6. The lowest BCUT2D eigenvalue weighted by atomic mass is 9.95. The van der Waals surface area contributed by atoms with Crippen molar-refractivity contribution in [2.24, 2.45) is 5.92 Å². The third-order valence-electron chi connectivity index (χ3n) is 10.6. The molecule has 1 aliphatic heterocycles. The van der Waals surface area contributed by atoms with E-state index in [0.717, 1.165) is 38.5 Å². The first kappa shape index (κ1) is 51.2. The summed E-state index contributed by atoms with van der Waals surface area (Å²) in [4.78, 5) is 48.3. The van der Waals surface area contributed by atoms with Crippen LogP contribution >= 0.6 is 7.82 Å². The van der Waals surface area contributed by atoms with Gasteiger partial charge in [-0.3, -0.25) is 23.4 Å². The van der Waals surface area contributed by atoms with Gasteiger partial charge in [-0.25, -0.2) is 4.57 Å². The van der Waals surface area contributed by atoms with Crippen LogP contribution in [0.15, 0.2) is 23.8 Å². The number of epoxide rings is 1. The second-order valence-corrected chi connectivity index (χ2v) is 18.5. The van der Waals surface area contributed by atoms with Gasteiger partial charge in [0.15, 0.2) is 11.9 Å². The summed E-state index contributed by atoms with van der Waals surface area (Å²) < 4.78 is 40.1. The molecule has 0 spiro atoms. The molecule has 0 radical (unpaired) electrons. The van der Waals surface area contributed by atoms with Gasteiger partial charge < -0.3 is 28.7 Å². The molecular weight excluding hydrogens is 749 g/mol. The standard InChI is InChI=1S/C44H78NO11P/c1-6-8-10-12-14-15-16-17-18-19-20-22-24-28-43(48)52-34-36(35-54-57(50,51)53-31-30-45(3,4)5)55-44(49)29-25-27-41-42(56-41)32-38-37(39(46)33-40(38)47)26-23-21-13-11-9-7-2/h21,23,32,36-37,39,41-42,46H,6-20,22,24-31,33-35H2,1-5H3/p+1/b23-21-,38-32+/t36-,37?,39?,41?,42?/m1/s1. The van der Waals surface area contributed by atoms with Gasteiger partial charge in [0.1, 0.15) is 25.9 Å². The Bertz CT molecular complexity index is 1250. The quantitative estimate of drug-likeness (QED) is 0.0119. The fourth-order valence-electron chi connectivity index (χ4n) is 6.95. The van der Waals surface area contributed by atoms with E-state index in [1.807, 2.05) is 27.2 Å². The highest BCUT2D eigenvalue weighted by Gasteiger charge is 2.42. The molecule has 0 aromatic rings. The van der Waals surface area contributed by atoms with Gasteiger partial charge >= 0.3 is 19.8 Å². The number of aliphatic hydroxyl groups excluding tert-OH is 1. The highest BCUT2D eigenvalue weighted by atomic mass is 31.2. The highest BCUT2D eigenvalue weighted by Crippen LogP contribution is 2.43. The number of Topliss-reactive ketones (excluding diaryl/α,β-unsaturated/α-hetero) is 1. The number of likely N-dealkylation sites (N-methyl/N-ethyl adjacent to an activating group) is 1. The molecule has 2 fully saturated rings. The minimum absolute atomic E-state index is 0.0116. The molecule has 1 aliphatic carbocycles. The van der Waals surface area contributed by atoms with Crippen LogP contribution in [0, 0.1) is 5.92 Å². The zero-order chi connectivity index (χ0) is 41.9. The maximum absolute atomic E-state index is 12.9. The number of hydrogen-bond acceptors (Lipinski definition) is 10. The van der Waals surface area contributed by atoms with Crippen molar-refractivity contribution in [2.45, 2.75) is 186 Å². The van der Waals surface area contributed by atoms with Crippen LogP contribution in [0.5, 0.6) is 0 Å². The number of quaternary nitrogens is 1. The Hall–Kier alpha value is -1.92. The van der Waals surface area contributed by atoms with Gasteiger partial charge in [0.2, 0.25) is 0 Å². The first-order valence-electron chi connectivity index (χ1n) is 22.3. The van der Waals surface area contributed by atoms with E-state index in [-0.39, 0.29) is 56.4 Å². The number of unbranched alkanes of at least 4 members (excludes halogenated alkanes) is 15. The van der Waals surface area contributed by atoms with E-state index in [2.05, 4.69) is 26.0 Å². The van der Waals surface area contributed by atoms with Crippen LogP contribution in [0.4, 0.5) is 0 Å². The van der Waals surface area contributed by atoms with Crippen molar-refractivity contribution < 1.29 is 56.7 Å². The molecule has 330 valence electrons. The molecule has 2 aliphatic rings. The summed E-state index contributed by atoms with van der Waals surface area (Å²) in [7, 11) is 1.33. The molecule has 0 aromatic carbocycles. The predicted molar refractivity (Wildman–Crippen MR) is 223 cm³/mol. The van der Waals surface area contributed by atoms with Crippen molar-refractivity contribution in [3.05, 3.63) is 23.8 Å². The molecule has 6 atom stereocenters. The van der Waals surface area contributed by atoms with E-state index < -0.39 is 38.6 Å². The normalized spacial score (nSPS) is 21.9.